The van der Waals surface area contributed by atoms with E-state index in [-0.39, 0.29) is 11.7 Å². The van der Waals surface area contributed by atoms with Crippen molar-refractivity contribution in [3.8, 4) is 0 Å². The Kier molecular flexibility index (Phi) is 3.53. The molecule has 1 rings (SSSR count). The van der Waals surface area contributed by atoms with Crippen molar-refractivity contribution in [2.24, 2.45) is 5.92 Å². The van der Waals surface area contributed by atoms with Crippen LogP contribution in [0.4, 0.5) is 5.69 Å². The van der Waals surface area contributed by atoms with Gasteiger partial charge in [0.15, 0.2) is 5.78 Å². The van der Waals surface area contributed by atoms with Gasteiger partial charge in [-0.1, -0.05) is 25.4 Å². The molecule has 14 heavy (non-hydrogen) atoms. The number of carbonyl (C=O) groups is 1. The molecule has 0 bridgehead atoms. The normalized spacial score (nSPS) is 12.5. The summed E-state index contributed by atoms with van der Waals surface area (Å²) in [5.74, 6) is 0.0974. The Morgan fingerprint density at radius 1 is 1.57 bits per heavy atom. The lowest BCUT2D eigenvalue weighted by atomic mass is 9.96. The summed E-state index contributed by atoms with van der Waals surface area (Å²) in [6, 6.07) is 4.98. The first-order valence-corrected chi connectivity index (χ1v) is 5.03. The third-order valence-electron chi connectivity index (χ3n) is 2.34. The lowest BCUT2D eigenvalue weighted by molar-refractivity contribution is 0.0928. The highest BCUT2D eigenvalue weighted by molar-refractivity contribution is 6.31. The first kappa shape index (κ1) is 11.1. The van der Waals surface area contributed by atoms with E-state index in [4.69, 9.17) is 17.3 Å². The number of rotatable bonds is 3. The summed E-state index contributed by atoms with van der Waals surface area (Å²) in [6.07, 6.45) is 0.820. The Bertz CT molecular complexity index is 349. The Morgan fingerprint density at radius 3 is 2.71 bits per heavy atom. The SMILES string of the molecule is CCC(C)C(=O)c1ccc(Cl)cc1N. The van der Waals surface area contributed by atoms with Crippen LogP contribution in [0.15, 0.2) is 18.2 Å². The van der Waals surface area contributed by atoms with Gasteiger partial charge in [-0.25, -0.2) is 0 Å². The van der Waals surface area contributed by atoms with Crippen LogP contribution in [0.3, 0.4) is 0 Å². The van der Waals surface area contributed by atoms with E-state index in [1.165, 1.54) is 0 Å². The van der Waals surface area contributed by atoms with Crippen LogP contribution in [0.2, 0.25) is 5.02 Å². The van der Waals surface area contributed by atoms with Gasteiger partial charge >= 0.3 is 0 Å². The molecular formula is C11H14ClNO. The number of nitrogens with two attached hydrogens (primary N) is 1. The van der Waals surface area contributed by atoms with Crippen molar-refractivity contribution in [2.45, 2.75) is 20.3 Å². The van der Waals surface area contributed by atoms with Crippen molar-refractivity contribution >= 4 is 23.1 Å². The molecule has 3 heteroatoms. The second-order valence-electron chi connectivity index (χ2n) is 3.41. The fourth-order valence-electron chi connectivity index (χ4n) is 1.21. The maximum Gasteiger partial charge on any atom is 0.167 e. The minimum absolute atomic E-state index is 0.0125. The van der Waals surface area contributed by atoms with Crippen LogP contribution in [-0.4, -0.2) is 5.78 Å². The largest absolute Gasteiger partial charge is 0.398 e. The van der Waals surface area contributed by atoms with E-state index >= 15 is 0 Å². The van der Waals surface area contributed by atoms with Crippen molar-refractivity contribution < 1.29 is 4.79 Å². The Labute approximate surface area is 89.1 Å². The lowest BCUT2D eigenvalue weighted by Crippen LogP contribution is -2.12. The molecule has 1 aromatic carbocycles. The number of nitrogen functional groups attached to an aromatic ring is 1. The minimum atomic E-state index is 0.0125. The Balaban J connectivity index is 3.02. The van der Waals surface area contributed by atoms with E-state index in [0.717, 1.165) is 6.42 Å². The predicted molar refractivity (Wildman–Crippen MR) is 59.6 cm³/mol. The Hall–Kier alpha value is -1.02. The molecule has 0 amide bonds. The molecule has 2 N–H and O–H groups in total. The first-order valence-electron chi connectivity index (χ1n) is 4.65. The van der Waals surface area contributed by atoms with Gasteiger partial charge in [-0.2, -0.15) is 0 Å². The fraction of sp³-hybridized carbons (Fsp3) is 0.364. The van der Waals surface area contributed by atoms with Crippen molar-refractivity contribution in [1.29, 1.82) is 0 Å². The van der Waals surface area contributed by atoms with Gasteiger partial charge in [0.1, 0.15) is 0 Å². The average molecular weight is 212 g/mol. The van der Waals surface area contributed by atoms with Crippen molar-refractivity contribution in [3.05, 3.63) is 28.8 Å². The molecule has 0 aromatic heterocycles. The van der Waals surface area contributed by atoms with Crippen LogP contribution in [0.1, 0.15) is 30.6 Å². The zero-order valence-corrected chi connectivity index (χ0v) is 9.14. The fourth-order valence-corrected chi connectivity index (χ4v) is 1.39. The summed E-state index contributed by atoms with van der Waals surface area (Å²) in [4.78, 5) is 11.8. The first-order chi connectivity index (χ1) is 6.56. The van der Waals surface area contributed by atoms with E-state index in [1.807, 2.05) is 13.8 Å². The lowest BCUT2D eigenvalue weighted by Gasteiger charge is -2.09. The van der Waals surface area contributed by atoms with Gasteiger partial charge in [0.2, 0.25) is 0 Å². The molecule has 76 valence electrons. The van der Waals surface area contributed by atoms with Crippen LogP contribution in [0, 0.1) is 5.92 Å². The molecule has 1 atom stereocenters. The predicted octanol–water partition coefficient (Wildman–Crippen LogP) is 3.15. The minimum Gasteiger partial charge on any atom is -0.398 e. The molecule has 0 spiro atoms. The Morgan fingerprint density at radius 2 is 2.21 bits per heavy atom. The van der Waals surface area contributed by atoms with Gasteiger partial charge < -0.3 is 5.73 Å². The van der Waals surface area contributed by atoms with Crippen LogP contribution in [0.25, 0.3) is 0 Å². The van der Waals surface area contributed by atoms with E-state index in [0.29, 0.717) is 16.3 Å². The molecule has 0 heterocycles. The van der Waals surface area contributed by atoms with E-state index in [2.05, 4.69) is 0 Å². The molecule has 0 saturated carbocycles. The molecule has 1 aromatic rings. The molecule has 0 aliphatic heterocycles. The summed E-state index contributed by atoms with van der Waals surface area (Å²) < 4.78 is 0. The van der Waals surface area contributed by atoms with E-state index in [1.54, 1.807) is 18.2 Å². The number of carbonyl (C=O) groups excluding carboxylic acids is 1. The van der Waals surface area contributed by atoms with Crippen LogP contribution in [0.5, 0.6) is 0 Å². The maximum absolute atomic E-state index is 11.8. The van der Waals surface area contributed by atoms with Crippen LogP contribution >= 0.6 is 11.6 Å². The van der Waals surface area contributed by atoms with E-state index < -0.39 is 0 Å². The number of halogens is 1. The summed E-state index contributed by atoms with van der Waals surface area (Å²) in [5.41, 5.74) is 6.74. The monoisotopic (exact) mass is 211 g/mol. The van der Waals surface area contributed by atoms with Crippen molar-refractivity contribution in [3.63, 3.8) is 0 Å². The van der Waals surface area contributed by atoms with Crippen LogP contribution in [-0.2, 0) is 0 Å². The summed E-state index contributed by atoms with van der Waals surface area (Å²) >= 11 is 5.74. The maximum atomic E-state index is 11.8. The highest BCUT2D eigenvalue weighted by Crippen LogP contribution is 2.21. The van der Waals surface area contributed by atoms with Gasteiger partial charge in [-0.3, -0.25) is 4.79 Å². The molecule has 0 aliphatic rings. The summed E-state index contributed by atoms with van der Waals surface area (Å²) in [7, 11) is 0. The second kappa shape index (κ2) is 4.47. The summed E-state index contributed by atoms with van der Waals surface area (Å²) in [6.45, 7) is 3.88. The number of ketones is 1. The zero-order valence-electron chi connectivity index (χ0n) is 8.38. The highest BCUT2D eigenvalue weighted by Gasteiger charge is 2.15. The van der Waals surface area contributed by atoms with Gasteiger partial charge in [0.25, 0.3) is 0 Å². The van der Waals surface area contributed by atoms with Gasteiger partial charge in [0, 0.05) is 22.2 Å². The number of hydrogen-bond acceptors (Lipinski definition) is 2. The number of Topliss-reactive ketones (excluding diaryl/α,β-unsaturated/α-hetero) is 1. The smallest absolute Gasteiger partial charge is 0.167 e. The quantitative estimate of drug-likeness (QED) is 0.617. The second-order valence-corrected chi connectivity index (χ2v) is 3.84. The van der Waals surface area contributed by atoms with E-state index in [9.17, 15) is 4.79 Å². The molecule has 1 unspecified atom stereocenters. The third-order valence-corrected chi connectivity index (χ3v) is 2.57. The molecular weight excluding hydrogens is 198 g/mol. The molecule has 0 fully saturated rings. The zero-order chi connectivity index (χ0) is 10.7. The molecule has 0 radical (unpaired) electrons. The highest BCUT2D eigenvalue weighted by atomic mass is 35.5. The standard InChI is InChI=1S/C11H14ClNO/c1-3-7(2)11(14)9-5-4-8(12)6-10(9)13/h4-7H,3,13H2,1-2H3. The van der Waals surface area contributed by atoms with Crippen LogP contribution < -0.4 is 5.73 Å². The molecule has 0 saturated heterocycles. The van der Waals surface area contributed by atoms with Gasteiger partial charge in [0.05, 0.1) is 0 Å². The molecule has 0 aliphatic carbocycles. The number of hydrogen-bond donors (Lipinski definition) is 1. The topological polar surface area (TPSA) is 43.1 Å². The third kappa shape index (κ3) is 2.26. The van der Waals surface area contributed by atoms with Gasteiger partial charge in [-0.15, -0.1) is 0 Å². The van der Waals surface area contributed by atoms with Gasteiger partial charge in [-0.05, 0) is 24.6 Å². The number of benzene rings is 1. The number of anilines is 1. The average Bonchev–Trinajstić information content (AvgIpc) is 2.15. The van der Waals surface area contributed by atoms with Crippen molar-refractivity contribution in [1.82, 2.24) is 0 Å². The molecule has 2 nitrogen and oxygen atoms in total. The van der Waals surface area contributed by atoms with Crippen molar-refractivity contribution in [2.75, 3.05) is 5.73 Å². The summed E-state index contributed by atoms with van der Waals surface area (Å²) in [5, 5.41) is 0.559.